The number of hydrogen-bond acceptors (Lipinski definition) is 0. The van der Waals surface area contributed by atoms with Gasteiger partial charge in [-0.25, -0.2) is 4.39 Å². The highest BCUT2D eigenvalue weighted by atomic mass is 35.5. The second kappa shape index (κ2) is 2.94. The predicted octanol–water partition coefficient (Wildman–Crippen LogP) is 3.30. The zero-order chi connectivity index (χ0) is 9.35. The van der Waals surface area contributed by atoms with Crippen LogP contribution in [0.1, 0.15) is 5.56 Å². The van der Waals surface area contributed by atoms with E-state index in [0.29, 0.717) is 6.07 Å². The van der Waals surface area contributed by atoms with Gasteiger partial charge in [0.05, 0.1) is 10.6 Å². The fraction of sp³-hybridized carbons (Fsp3) is 0.143. The minimum atomic E-state index is -4.61. The number of hydrogen-bond donors (Lipinski definition) is 0. The molecule has 0 aliphatic rings. The Morgan fingerprint density at radius 2 is 1.83 bits per heavy atom. The third-order valence-corrected chi connectivity index (χ3v) is 1.31. The van der Waals surface area contributed by atoms with Crippen molar-refractivity contribution in [3.8, 4) is 0 Å². The van der Waals surface area contributed by atoms with E-state index >= 15 is 0 Å². The van der Waals surface area contributed by atoms with Crippen LogP contribution in [0.5, 0.6) is 0 Å². The Balaban J connectivity index is 3.18. The summed E-state index contributed by atoms with van der Waals surface area (Å²) < 4.78 is 48.0. The molecule has 1 aromatic carbocycles. The molecule has 1 radical (unpaired) electrons. The largest absolute Gasteiger partial charge is 0.417 e. The van der Waals surface area contributed by atoms with E-state index < -0.39 is 17.6 Å². The lowest BCUT2D eigenvalue weighted by Gasteiger charge is -2.05. The summed E-state index contributed by atoms with van der Waals surface area (Å²) in [5, 5.41) is -0.387. The molecule has 1 aromatic rings. The van der Waals surface area contributed by atoms with Gasteiger partial charge in [-0.15, -0.1) is 0 Å². The molecular formula is C7H2ClF4. The van der Waals surface area contributed by atoms with Crippen LogP contribution in [-0.4, -0.2) is 0 Å². The Morgan fingerprint density at radius 1 is 1.25 bits per heavy atom. The van der Waals surface area contributed by atoms with Crippen molar-refractivity contribution < 1.29 is 17.6 Å². The van der Waals surface area contributed by atoms with Gasteiger partial charge in [0.15, 0.2) is 0 Å². The lowest BCUT2D eigenvalue weighted by atomic mass is 10.2. The predicted molar refractivity (Wildman–Crippen MR) is 35.2 cm³/mol. The number of benzene rings is 1. The summed E-state index contributed by atoms with van der Waals surface area (Å²) in [6, 6.07) is 2.89. The first-order valence-corrected chi connectivity index (χ1v) is 3.23. The van der Waals surface area contributed by atoms with Gasteiger partial charge in [-0.3, -0.25) is 0 Å². The maximum Gasteiger partial charge on any atom is 0.417 e. The van der Waals surface area contributed by atoms with Crippen LogP contribution in [0.3, 0.4) is 0 Å². The molecule has 0 saturated carbocycles. The fourth-order valence-electron chi connectivity index (χ4n) is 0.654. The smallest absolute Gasteiger partial charge is 0.207 e. The molecule has 0 nitrogen and oxygen atoms in total. The lowest BCUT2D eigenvalue weighted by Crippen LogP contribution is -2.05. The summed E-state index contributed by atoms with van der Waals surface area (Å²) in [7, 11) is 0. The van der Waals surface area contributed by atoms with Crippen molar-refractivity contribution in [2.45, 2.75) is 6.18 Å². The quantitative estimate of drug-likeness (QED) is 0.560. The van der Waals surface area contributed by atoms with Crippen LogP contribution in [0, 0.1) is 11.9 Å². The van der Waals surface area contributed by atoms with Crippen LogP contribution in [0.15, 0.2) is 12.1 Å². The molecule has 0 heterocycles. The van der Waals surface area contributed by atoms with Crippen LogP contribution >= 0.6 is 11.6 Å². The van der Waals surface area contributed by atoms with Gasteiger partial charge in [0.1, 0.15) is 5.82 Å². The van der Waals surface area contributed by atoms with Crippen LogP contribution in [0.25, 0.3) is 0 Å². The molecular weight excluding hydrogens is 196 g/mol. The van der Waals surface area contributed by atoms with Gasteiger partial charge in [-0.2, -0.15) is 13.2 Å². The van der Waals surface area contributed by atoms with Gasteiger partial charge in [0.25, 0.3) is 0 Å². The Hall–Kier alpha value is -0.770. The molecule has 1 rings (SSSR count). The molecule has 12 heavy (non-hydrogen) atoms. The summed E-state index contributed by atoms with van der Waals surface area (Å²) in [5.41, 5.74) is -1.20. The molecule has 0 amide bonds. The highest BCUT2D eigenvalue weighted by molar-refractivity contribution is 6.30. The zero-order valence-electron chi connectivity index (χ0n) is 5.54. The van der Waals surface area contributed by atoms with E-state index in [1.165, 1.54) is 0 Å². The molecule has 0 aliphatic carbocycles. The van der Waals surface area contributed by atoms with Crippen molar-refractivity contribution in [2.75, 3.05) is 0 Å². The van der Waals surface area contributed by atoms with Crippen molar-refractivity contribution in [3.63, 3.8) is 0 Å². The molecule has 0 unspecified atom stereocenters. The van der Waals surface area contributed by atoms with E-state index in [1.54, 1.807) is 6.07 Å². The Bertz CT molecular complexity index is 272. The van der Waals surface area contributed by atoms with Gasteiger partial charge in [-0.1, -0.05) is 11.6 Å². The van der Waals surface area contributed by atoms with Crippen LogP contribution < -0.4 is 0 Å². The summed E-state index contributed by atoms with van der Waals surface area (Å²) in [4.78, 5) is 0. The van der Waals surface area contributed by atoms with Crippen LogP contribution in [0.4, 0.5) is 17.6 Å². The minimum Gasteiger partial charge on any atom is -0.207 e. The Labute approximate surface area is 70.8 Å². The third kappa shape index (κ3) is 2.11. The van der Waals surface area contributed by atoms with Crippen molar-refractivity contribution in [3.05, 3.63) is 34.6 Å². The number of halogens is 5. The SMILES string of the molecule is Fc1cc(Cl)[c]c(C(F)(F)F)c1. The van der Waals surface area contributed by atoms with E-state index in [-0.39, 0.29) is 5.02 Å². The van der Waals surface area contributed by atoms with E-state index in [4.69, 9.17) is 11.6 Å². The molecule has 5 heteroatoms. The number of rotatable bonds is 0. The van der Waals surface area contributed by atoms with E-state index in [9.17, 15) is 17.6 Å². The van der Waals surface area contributed by atoms with Crippen molar-refractivity contribution in [1.29, 1.82) is 0 Å². The van der Waals surface area contributed by atoms with Gasteiger partial charge in [0.2, 0.25) is 0 Å². The van der Waals surface area contributed by atoms with Gasteiger partial charge < -0.3 is 0 Å². The Kier molecular flexibility index (Phi) is 2.28. The fourth-order valence-corrected chi connectivity index (χ4v) is 0.860. The highest BCUT2D eigenvalue weighted by Gasteiger charge is 2.31. The second-order valence-corrected chi connectivity index (χ2v) is 2.47. The second-order valence-electron chi connectivity index (χ2n) is 2.06. The monoisotopic (exact) mass is 197 g/mol. The van der Waals surface area contributed by atoms with E-state index in [1.807, 2.05) is 0 Å². The van der Waals surface area contributed by atoms with Gasteiger partial charge in [-0.05, 0) is 12.1 Å². The molecule has 0 aliphatic heterocycles. The first-order valence-electron chi connectivity index (χ1n) is 2.85. The summed E-state index contributed by atoms with van der Waals surface area (Å²) in [6.45, 7) is 0. The maximum atomic E-state index is 12.4. The molecule has 0 fully saturated rings. The van der Waals surface area contributed by atoms with Crippen LogP contribution in [-0.2, 0) is 6.18 Å². The van der Waals surface area contributed by atoms with Gasteiger partial charge in [0, 0.05) is 6.07 Å². The molecule has 0 N–H and O–H groups in total. The first-order chi connectivity index (χ1) is 5.39. The van der Waals surface area contributed by atoms with E-state index in [2.05, 4.69) is 0 Å². The average molecular weight is 198 g/mol. The highest BCUT2D eigenvalue weighted by Crippen LogP contribution is 2.30. The van der Waals surface area contributed by atoms with Crippen molar-refractivity contribution >= 4 is 11.6 Å². The normalized spacial score (nSPS) is 11.8. The molecule has 65 valence electrons. The molecule has 0 atom stereocenters. The average Bonchev–Trinajstić information content (AvgIpc) is 1.82. The lowest BCUT2D eigenvalue weighted by molar-refractivity contribution is -0.138. The first kappa shape index (κ1) is 9.32. The summed E-state index contributed by atoms with van der Waals surface area (Å²) in [5.74, 6) is -1.02. The maximum absolute atomic E-state index is 12.4. The van der Waals surface area contributed by atoms with E-state index in [0.717, 1.165) is 6.07 Å². The zero-order valence-corrected chi connectivity index (χ0v) is 6.30. The van der Waals surface area contributed by atoms with Crippen LogP contribution in [0.2, 0.25) is 5.02 Å². The molecule has 0 bridgehead atoms. The topological polar surface area (TPSA) is 0 Å². The minimum absolute atomic E-state index is 0.339. The molecule has 0 saturated heterocycles. The number of alkyl halides is 3. The standard InChI is InChI=1S/C7H2ClF4/c8-5-1-4(7(10,11)12)2-6(9)3-5/h2-3H. The van der Waals surface area contributed by atoms with Crippen molar-refractivity contribution in [2.24, 2.45) is 0 Å². The molecule has 0 aromatic heterocycles. The van der Waals surface area contributed by atoms with Gasteiger partial charge >= 0.3 is 6.18 Å². The van der Waals surface area contributed by atoms with Crippen molar-refractivity contribution in [1.82, 2.24) is 0 Å². The third-order valence-electron chi connectivity index (χ3n) is 1.11. The Morgan fingerprint density at radius 3 is 2.25 bits per heavy atom. The summed E-state index contributed by atoms with van der Waals surface area (Å²) in [6.07, 6.45) is -4.61. The molecule has 0 spiro atoms. The summed E-state index contributed by atoms with van der Waals surface area (Å²) >= 11 is 5.16.